The molecule has 8 heteroatoms. The maximum atomic E-state index is 13.1. The van der Waals surface area contributed by atoms with Crippen molar-refractivity contribution in [2.75, 3.05) is 12.4 Å². The van der Waals surface area contributed by atoms with Crippen LogP contribution in [0.3, 0.4) is 0 Å². The number of hydrogen-bond acceptors (Lipinski definition) is 4. The zero-order chi connectivity index (χ0) is 21.3. The van der Waals surface area contributed by atoms with Crippen LogP contribution in [0, 0.1) is 0 Å². The van der Waals surface area contributed by atoms with Gasteiger partial charge in [0.15, 0.2) is 5.69 Å². The molecule has 0 atom stereocenters. The molecule has 0 saturated heterocycles. The lowest BCUT2D eigenvalue weighted by Crippen LogP contribution is -2.26. The standard InChI is InChI=1S/C22H15Cl2N3O3/c1-30-19-11-8-14(12-18(19)24)25-21(28)20-16-4-2-3-5-17(16)22(29)27(26-20)15-9-6-13(23)7-10-15/h2-12H,1H3,(H,25,28). The fourth-order valence-corrected chi connectivity index (χ4v) is 3.43. The van der Waals surface area contributed by atoms with Gasteiger partial charge in [0.25, 0.3) is 11.5 Å². The second-order valence-electron chi connectivity index (χ2n) is 6.39. The highest BCUT2D eigenvalue weighted by atomic mass is 35.5. The number of methoxy groups -OCH3 is 1. The summed E-state index contributed by atoms with van der Waals surface area (Å²) >= 11 is 12.1. The Morgan fingerprint density at radius 2 is 1.70 bits per heavy atom. The average molecular weight is 440 g/mol. The van der Waals surface area contributed by atoms with Crippen molar-refractivity contribution in [2.45, 2.75) is 0 Å². The van der Waals surface area contributed by atoms with E-state index in [1.165, 1.54) is 11.8 Å². The number of ether oxygens (including phenoxy) is 1. The van der Waals surface area contributed by atoms with E-state index in [1.54, 1.807) is 66.7 Å². The maximum Gasteiger partial charge on any atom is 0.279 e. The Morgan fingerprint density at radius 1 is 1.00 bits per heavy atom. The van der Waals surface area contributed by atoms with Crippen molar-refractivity contribution >= 4 is 45.6 Å². The fraction of sp³-hybridized carbons (Fsp3) is 0.0455. The zero-order valence-electron chi connectivity index (χ0n) is 15.7. The molecule has 0 bridgehead atoms. The van der Waals surface area contributed by atoms with Crippen molar-refractivity contribution in [3.63, 3.8) is 0 Å². The summed E-state index contributed by atoms with van der Waals surface area (Å²) in [6, 6.07) is 18.4. The number of rotatable bonds is 4. The van der Waals surface area contributed by atoms with E-state index in [1.807, 2.05) is 0 Å². The number of carbonyl (C=O) groups excluding carboxylic acids is 1. The molecular weight excluding hydrogens is 425 g/mol. The molecule has 0 aliphatic rings. The van der Waals surface area contributed by atoms with Crippen LogP contribution in [0.15, 0.2) is 71.5 Å². The largest absolute Gasteiger partial charge is 0.495 e. The van der Waals surface area contributed by atoms with Crippen molar-refractivity contribution < 1.29 is 9.53 Å². The first-order chi connectivity index (χ1) is 14.5. The van der Waals surface area contributed by atoms with Crippen molar-refractivity contribution in [1.29, 1.82) is 0 Å². The number of carbonyl (C=O) groups is 1. The molecule has 0 radical (unpaired) electrons. The van der Waals surface area contributed by atoms with Crippen LogP contribution in [-0.4, -0.2) is 22.8 Å². The molecular formula is C22H15Cl2N3O3. The molecule has 150 valence electrons. The molecule has 0 aliphatic carbocycles. The van der Waals surface area contributed by atoms with E-state index >= 15 is 0 Å². The van der Waals surface area contributed by atoms with Crippen LogP contribution in [0.1, 0.15) is 10.5 Å². The number of halogens is 2. The molecule has 0 aliphatic heterocycles. The molecule has 4 rings (SSSR count). The molecule has 1 aromatic heterocycles. The summed E-state index contributed by atoms with van der Waals surface area (Å²) in [5.41, 5.74) is 0.738. The van der Waals surface area contributed by atoms with Gasteiger partial charge in [-0.3, -0.25) is 9.59 Å². The van der Waals surface area contributed by atoms with E-state index in [-0.39, 0.29) is 11.3 Å². The number of aromatic nitrogens is 2. The Morgan fingerprint density at radius 3 is 2.37 bits per heavy atom. The van der Waals surface area contributed by atoms with Gasteiger partial charge in [-0.25, -0.2) is 0 Å². The van der Waals surface area contributed by atoms with E-state index in [0.29, 0.717) is 37.9 Å². The lowest BCUT2D eigenvalue weighted by atomic mass is 10.1. The highest BCUT2D eigenvalue weighted by Crippen LogP contribution is 2.27. The number of anilines is 1. The van der Waals surface area contributed by atoms with E-state index in [0.717, 1.165) is 0 Å². The summed E-state index contributed by atoms with van der Waals surface area (Å²) in [5.74, 6) is 0.0182. The van der Waals surface area contributed by atoms with Gasteiger partial charge in [-0.05, 0) is 48.5 Å². The van der Waals surface area contributed by atoms with Gasteiger partial charge in [0.1, 0.15) is 5.75 Å². The van der Waals surface area contributed by atoms with E-state index < -0.39 is 5.91 Å². The second-order valence-corrected chi connectivity index (χ2v) is 7.23. The van der Waals surface area contributed by atoms with Gasteiger partial charge in [0, 0.05) is 16.1 Å². The van der Waals surface area contributed by atoms with Gasteiger partial charge in [-0.1, -0.05) is 41.4 Å². The molecule has 1 heterocycles. The molecule has 1 amide bonds. The third-order valence-corrected chi connectivity index (χ3v) is 5.05. The summed E-state index contributed by atoms with van der Waals surface area (Å²) in [5, 5.41) is 8.83. The van der Waals surface area contributed by atoms with Gasteiger partial charge < -0.3 is 10.1 Å². The summed E-state index contributed by atoms with van der Waals surface area (Å²) in [7, 11) is 1.51. The predicted molar refractivity (Wildman–Crippen MR) is 118 cm³/mol. The highest BCUT2D eigenvalue weighted by Gasteiger charge is 2.18. The Hall–Kier alpha value is -3.35. The Labute approximate surface area is 181 Å². The minimum atomic E-state index is -0.477. The first-order valence-electron chi connectivity index (χ1n) is 8.91. The summed E-state index contributed by atoms with van der Waals surface area (Å²) in [6.45, 7) is 0. The van der Waals surface area contributed by atoms with Crippen LogP contribution in [0.5, 0.6) is 5.75 Å². The van der Waals surface area contributed by atoms with Crippen molar-refractivity contribution in [2.24, 2.45) is 0 Å². The van der Waals surface area contributed by atoms with Crippen molar-refractivity contribution in [3.8, 4) is 11.4 Å². The maximum absolute atomic E-state index is 13.1. The van der Waals surface area contributed by atoms with Crippen molar-refractivity contribution in [1.82, 2.24) is 9.78 Å². The number of amides is 1. The van der Waals surface area contributed by atoms with Gasteiger partial charge in [0.05, 0.1) is 23.2 Å². The highest BCUT2D eigenvalue weighted by molar-refractivity contribution is 6.32. The van der Waals surface area contributed by atoms with Crippen LogP contribution < -0.4 is 15.6 Å². The Bertz CT molecular complexity index is 1320. The SMILES string of the molecule is COc1ccc(NC(=O)c2nn(-c3ccc(Cl)cc3)c(=O)c3ccccc23)cc1Cl. The zero-order valence-corrected chi connectivity index (χ0v) is 17.2. The van der Waals surface area contributed by atoms with Gasteiger partial charge in [0.2, 0.25) is 0 Å². The molecule has 0 saturated carbocycles. The van der Waals surface area contributed by atoms with Gasteiger partial charge in [-0.15, -0.1) is 0 Å². The summed E-state index contributed by atoms with van der Waals surface area (Å²) < 4.78 is 6.32. The summed E-state index contributed by atoms with van der Waals surface area (Å²) in [4.78, 5) is 26.0. The number of nitrogens with one attached hydrogen (secondary N) is 1. The molecule has 4 aromatic rings. The van der Waals surface area contributed by atoms with Gasteiger partial charge in [-0.2, -0.15) is 9.78 Å². The van der Waals surface area contributed by atoms with E-state index in [2.05, 4.69) is 10.4 Å². The van der Waals surface area contributed by atoms with Crippen LogP contribution in [0.2, 0.25) is 10.0 Å². The van der Waals surface area contributed by atoms with Crippen LogP contribution in [0.4, 0.5) is 5.69 Å². The molecule has 0 spiro atoms. The number of hydrogen-bond donors (Lipinski definition) is 1. The van der Waals surface area contributed by atoms with Crippen molar-refractivity contribution in [3.05, 3.63) is 92.8 Å². The smallest absolute Gasteiger partial charge is 0.279 e. The quantitative estimate of drug-likeness (QED) is 0.487. The third-order valence-electron chi connectivity index (χ3n) is 4.50. The van der Waals surface area contributed by atoms with E-state index in [4.69, 9.17) is 27.9 Å². The molecule has 6 nitrogen and oxygen atoms in total. The van der Waals surface area contributed by atoms with Crippen LogP contribution >= 0.6 is 23.2 Å². The minimum absolute atomic E-state index is 0.104. The third kappa shape index (κ3) is 3.75. The van der Waals surface area contributed by atoms with Gasteiger partial charge >= 0.3 is 0 Å². The number of nitrogens with zero attached hydrogens (tertiary/aromatic N) is 2. The average Bonchev–Trinajstić information content (AvgIpc) is 2.75. The monoisotopic (exact) mass is 439 g/mol. The second kappa shape index (κ2) is 8.18. The minimum Gasteiger partial charge on any atom is -0.495 e. The topological polar surface area (TPSA) is 73.2 Å². The Balaban J connectivity index is 1.82. The first-order valence-corrected chi connectivity index (χ1v) is 9.66. The summed E-state index contributed by atoms with van der Waals surface area (Å²) in [6.07, 6.45) is 0. The predicted octanol–water partition coefficient (Wildman–Crippen LogP) is 4.95. The lowest BCUT2D eigenvalue weighted by molar-refractivity contribution is 0.102. The Kier molecular flexibility index (Phi) is 5.44. The molecule has 3 aromatic carbocycles. The van der Waals surface area contributed by atoms with Crippen LogP contribution in [-0.2, 0) is 0 Å². The van der Waals surface area contributed by atoms with Crippen LogP contribution in [0.25, 0.3) is 16.5 Å². The first kappa shape index (κ1) is 19.9. The number of fused-ring (bicyclic) bond motifs is 1. The normalized spacial score (nSPS) is 10.8. The van der Waals surface area contributed by atoms with E-state index in [9.17, 15) is 9.59 Å². The molecule has 1 N–H and O–H groups in total. The number of benzene rings is 3. The molecule has 30 heavy (non-hydrogen) atoms. The molecule has 0 fully saturated rings. The fourth-order valence-electron chi connectivity index (χ4n) is 3.05. The lowest BCUT2D eigenvalue weighted by Gasteiger charge is -2.12. The molecule has 0 unspecified atom stereocenters.